The predicted molar refractivity (Wildman–Crippen MR) is 71.9 cm³/mol. The molecule has 0 aromatic carbocycles. The molecule has 17 heavy (non-hydrogen) atoms. The van der Waals surface area contributed by atoms with E-state index in [0.717, 1.165) is 30.8 Å². The fraction of sp³-hybridized carbons (Fsp3) is 0.667. The minimum Gasteiger partial charge on any atom is -0.314 e. The topological polar surface area (TPSA) is 24.9 Å². The molecule has 0 radical (unpaired) electrons. The van der Waals surface area contributed by atoms with E-state index < -0.39 is 0 Å². The number of hydrogen-bond acceptors (Lipinski definition) is 2. The fourth-order valence-corrected chi connectivity index (χ4v) is 2.70. The molecule has 1 aromatic heterocycles. The Morgan fingerprint density at radius 1 is 1.18 bits per heavy atom. The van der Waals surface area contributed by atoms with Gasteiger partial charge < -0.3 is 5.32 Å². The number of pyridine rings is 1. The Morgan fingerprint density at radius 2 is 1.94 bits per heavy atom. The Labute approximate surface area is 105 Å². The van der Waals surface area contributed by atoms with E-state index in [9.17, 15) is 0 Å². The van der Waals surface area contributed by atoms with Crippen LogP contribution in [0.2, 0.25) is 0 Å². The minimum absolute atomic E-state index is 0.739. The maximum atomic E-state index is 4.04. The van der Waals surface area contributed by atoms with Gasteiger partial charge in [0.05, 0.1) is 0 Å². The molecule has 0 bridgehead atoms. The highest BCUT2D eigenvalue weighted by atomic mass is 14.9. The van der Waals surface area contributed by atoms with Crippen LogP contribution in [0.25, 0.3) is 0 Å². The first-order valence-electron chi connectivity index (χ1n) is 6.88. The summed E-state index contributed by atoms with van der Waals surface area (Å²) in [5, 5.41) is 3.70. The number of rotatable bonds is 4. The molecule has 2 heteroatoms. The average molecular weight is 232 g/mol. The van der Waals surface area contributed by atoms with Crippen LogP contribution in [0.15, 0.2) is 24.5 Å². The van der Waals surface area contributed by atoms with Crippen LogP contribution in [0.1, 0.15) is 38.7 Å². The van der Waals surface area contributed by atoms with Gasteiger partial charge in [-0.2, -0.15) is 0 Å². The van der Waals surface area contributed by atoms with Gasteiger partial charge in [0.1, 0.15) is 0 Å². The molecule has 0 spiro atoms. The van der Waals surface area contributed by atoms with Gasteiger partial charge in [0.25, 0.3) is 0 Å². The Balaban J connectivity index is 1.69. The van der Waals surface area contributed by atoms with Crippen LogP contribution in [-0.4, -0.2) is 17.6 Å². The van der Waals surface area contributed by atoms with Gasteiger partial charge in [0.15, 0.2) is 0 Å². The third-order valence-corrected chi connectivity index (χ3v) is 4.19. The lowest BCUT2D eigenvalue weighted by atomic mass is 9.79. The second kappa shape index (κ2) is 6.15. The summed E-state index contributed by atoms with van der Waals surface area (Å²) in [7, 11) is 0. The summed E-state index contributed by atoms with van der Waals surface area (Å²) in [6, 6.07) is 4.95. The van der Waals surface area contributed by atoms with Gasteiger partial charge in [-0.05, 0) is 61.8 Å². The van der Waals surface area contributed by atoms with Gasteiger partial charge in [-0.1, -0.05) is 13.8 Å². The van der Waals surface area contributed by atoms with Crippen molar-refractivity contribution in [2.75, 3.05) is 6.54 Å². The lowest BCUT2D eigenvalue weighted by molar-refractivity contribution is 0.227. The molecule has 3 atom stereocenters. The van der Waals surface area contributed by atoms with Crippen molar-refractivity contribution in [2.45, 2.75) is 45.6 Å². The molecule has 0 amide bonds. The second-order valence-corrected chi connectivity index (χ2v) is 5.52. The summed E-state index contributed by atoms with van der Waals surface area (Å²) >= 11 is 0. The Kier molecular flexibility index (Phi) is 4.55. The lowest BCUT2D eigenvalue weighted by Crippen LogP contribution is -2.37. The monoisotopic (exact) mass is 232 g/mol. The summed E-state index contributed by atoms with van der Waals surface area (Å²) in [5.41, 5.74) is 1.38. The molecule has 1 N–H and O–H groups in total. The molecule has 1 aliphatic rings. The van der Waals surface area contributed by atoms with Crippen LogP contribution >= 0.6 is 0 Å². The predicted octanol–water partition coefficient (Wildman–Crippen LogP) is 3.04. The zero-order valence-electron chi connectivity index (χ0n) is 11.0. The summed E-state index contributed by atoms with van der Waals surface area (Å²) in [4.78, 5) is 4.04. The SMILES string of the molecule is CC1CCC(NCCc2ccncc2)CC1C. The highest BCUT2D eigenvalue weighted by molar-refractivity contribution is 5.09. The van der Waals surface area contributed by atoms with Crippen molar-refractivity contribution in [1.29, 1.82) is 0 Å². The quantitative estimate of drug-likeness (QED) is 0.863. The molecule has 1 aromatic rings. The zero-order valence-corrected chi connectivity index (χ0v) is 11.0. The molecule has 2 nitrogen and oxygen atoms in total. The first-order chi connectivity index (χ1) is 8.25. The molecule has 1 fully saturated rings. The van der Waals surface area contributed by atoms with Crippen molar-refractivity contribution in [3.05, 3.63) is 30.1 Å². The van der Waals surface area contributed by atoms with Crippen molar-refractivity contribution < 1.29 is 0 Å². The molecule has 94 valence electrons. The van der Waals surface area contributed by atoms with Gasteiger partial charge in [0.2, 0.25) is 0 Å². The normalized spacial score (nSPS) is 29.2. The summed E-state index contributed by atoms with van der Waals surface area (Å²) in [6.07, 6.45) is 8.94. The third kappa shape index (κ3) is 3.81. The standard InChI is InChI=1S/C15H24N2/c1-12-3-4-15(11-13(12)2)17-10-7-14-5-8-16-9-6-14/h5-6,8-9,12-13,15,17H,3-4,7,10-11H2,1-2H3. The first-order valence-corrected chi connectivity index (χ1v) is 6.88. The molecule has 0 aliphatic heterocycles. The number of nitrogens with one attached hydrogen (secondary N) is 1. The number of nitrogens with zero attached hydrogens (tertiary/aromatic N) is 1. The first kappa shape index (κ1) is 12.6. The average Bonchev–Trinajstić information content (AvgIpc) is 2.35. The van der Waals surface area contributed by atoms with Crippen molar-refractivity contribution in [3.8, 4) is 0 Å². The molecular weight excluding hydrogens is 208 g/mol. The van der Waals surface area contributed by atoms with Crippen LogP contribution < -0.4 is 5.32 Å². The van der Waals surface area contributed by atoms with E-state index in [4.69, 9.17) is 0 Å². The van der Waals surface area contributed by atoms with E-state index in [2.05, 4.69) is 36.3 Å². The van der Waals surface area contributed by atoms with Crippen molar-refractivity contribution in [1.82, 2.24) is 10.3 Å². The molecule has 3 unspecified atom stereocenters. The smallest absolute Gasteiger partial charge is 0.0270 e. The van der Waals surface area contributed by atoms with Crippen molar-refractivity contribution in [2.24, 2.45) is 11.8 Å². The maximum absolute atomic E-state index is 4.04. The lowest BCUT2D eigenvalue weighted by Gasteiger charge is -2.32. The molecule has 0 saturated heterocycles. The Bertz CT molecular complexity index is 323. The van der Waals surface area contributed by atoms with Crippen LogP contribution in [0.4, 0.5) is 0 Å². The van der Waals surface area contributed by atoms with Crippen LogP contribution in [0.3, 0.4) is 0 Å². The van der Waals surface area contributed by atoms with Crippen LogP contribution in [0.5, 0.6) is 0 Å². The second-order valence-electron chi connectivity index (χ2n) is 5.52. The number of aromatic nitrogens is 1. The third-order valence-electron chi connectivity index (χ3n) is 4.19. The van der Waals surface area contributed by atoms with E-state index in [-0.39, 0.29) is 0 Å². The van der Waals surface area contributed by atoms with Crippen LogP contribution in [-0.2, 0) is 6.42 Å². The summed E-state index contributed by atoms with van der Waals surface area (Å²) in [6.45, 7) is 5.87. The Hall–Kier alpha value is -0.890. The fourth-order valence-electron chi connectivity index (χ4n) is 2.70. The molecular formula is C15H24N2. The van der Waals surface area contributed by atoms with Crippen LogP contribution in [0, 0.1) is 11.8 Å². The molecule has 2 rings (SSSR count). The van der Waals surface area contributed by atoms with E-state index in [1.165, 1.54) is 24.8 Å². The number of hydrogen-bond donors (Lipinski definition) is 1. The Morgan fingerprint density at radius 3 is 2.65 bits per heavy atom. The van der Waals surface area contributed by atoms with E-state index in [1.807, 2.05) is 12.4 Å². The van der Waals surface area contributed by atoms with E-state index in [1.54, 1.807) is 0 Å². The largest absolute Gasteiger partial charge is 0.314 e. The van der Waals surface area contributed by atoms with Gasteiger partial charge in [-0.15, -0.1) is 0 Å². The van der Waals surface area contributed by atoms with Crippen molar-refractivity contribution >= 4 is 0 Å². The van der Waals surface area contributed by atoms with Gasteiger partial charge in [-0.3, -0.25) is 4.98 Å². The molecule has 1 heterocycles. The molecule has 1 saturated carbocycles. The maximum Gasteiger partial charge on any atom is 0.0270 e. The minimum atomic E-state index is 0.739. The molecule has 1 aliphatic carbocycles. The highest BCUT2D eigenvalue weighted by Gasteiger charge is 2.23. The summed E-state index contributed by atoms with van der Waals surface area (Å²) < 4.78 is 0. The van der Waals surface area contributed by atoms with Crippen molar-refractivity contribution in [3.63, 3.8) is 0 Å². The summed E-state index contributed by atoms with van der Waals surface area (Å²) in [5.74, 6) is 1.79. The van der Waals surface area contributed by atoms with Gasteiger partial charge in [-0.25, -0.2) is 0 Å². The van der Waals surface area contributed by atoms with E-state index in [0.29, 0.717) is 0 Å². The zero-order chi connectivity index (χ0) is 12.1. The van der Waals surface area contributed by atoms with Gasteiger partial charge in [0, 0.05) is 18.4 Å². The van der Waals surface area contributed by atoms with E-state index >= 15 is 0 Å². The van der Waals surface area contributed by atoms with Gasteiger partial charge >= 0.3 is 0 Å². The highest BCUT2D eigenvalue weighted by Crippen LogP contribution is 2.29.